The molecule has 2 heterocycles. The summed E-state index contributed by atoms with van der Waals surface area (Å²) in [6.07, 6.45) is 2.56. The fraction of sp³-hybridized carbons (Fsp3) is 0.471. The molecule has 1 aliphatic rings. The van der Waals surface area contributed by atoms with E-state index in [9.17, 15) is 5.11 Å². The van der Waals surface area contributed by atoms with Crippen LogP contribution < -0.4 is 4.90 Å². The number of ether oxygens (including phenoxy) is 1. The van der Waals surface area contributed by atoms with Crippen molar-refractivity contribution in [1.29, 1.82) is 0 Å². The predicted octanol–water partition coefficient (Wildman–Crippen LogP) is 2.73. The molecule has 0 saturated carbocycles. The summed E-state index contributed by atoms with van der Waals surface area (Å²) >= 11 is 0. The van der Waals surface area contributed by atoms with Crippen LogP contribution in [-0.2, 0) is 11.3 Å². The highest BCUT2D eigenvalue weighted by Crippen LogP contribution is 2.27. The summed E-state index contributed by atoms with van der Waals surface area (Å²) in [5.41, 5.74) is 0.717. The van der Waals surface area contributed by atoms with Gasteiger partial charge in [-0.2, -0.15) is 0 Å². The minimum atomic E-state index is -0.0324. The van der Waals surface area contributed by atoms with Gasteiger partial charge in [0, 0.05) is 25.1 Å². The van der Waals surface area contributed by atoms with Crippen LogP contribution in [0.1, 0.15) is 25.5 Å². The lowest BCUT2D eigenvalue weighted by molar-refractivity contribution is 0.115. The van der Waals surface area contributed by atoms with Crippen LogP contribution in [0.5, 0.6) is 0 Å². The van der Waals surface area contributed by atoms with Gasteiger partial charge >= 0.3 is 0 Å². The normalized spacial score (nSPS) is 18.3. The zero-order chi connectivity index (χ0) is 14.7. The molecule has 1 fully saturated rings. The van der Waals surface area contributed by atoms with E-state index in [0.717, 1.165) is 54.8 Å². The molecule has 1 atom stereocenters. The maximum absolute atomic E-state index is 9.45. The first-order chi connectivity index (χ1) is 10.3. The third-order valence-corrected chi connectivity index (χ3v) is 4.06. The number of aliphatic hydroxyl groups excluding tert-OH is 1. The number of pyridine rings is 1. The first-order valence-corrected chi connectivity index (χ1v) is 7.68. The first kappa shape index (κ1) is 14.3. The molecule has 112 valence electrons. The topological polar surface area (TPSA) is 45.6 Å². The van der Waals surface area contributed by atoms with Gasteiger partial charge in [0.2, 0.25) is 0 Å². The molecule has 4 nitrogen and oxygen atoms in total. The van der Waals surface area contributed by atoms with E-state index in [1.54, 1.807) is 0 Å². The molecule has 4 heteroatoms. The minimum Gasteiger partial charge on any atom is -0.390 e. The predicted molar refractivity (Wildman–Crippen MR) is 84.5 cm³/mol. The Morgan fingerprint density at radius 1 is 1.38 bits per heavy atom. The molecule has 1 saturated heterocycles. The van der Waals surface area contributed by atoms with Gasteiger partial charge in [-0.15, -0.1) is 0 Å². The number of fused-ring (bicyclic) bond motifs is 1. The highest BCUT2D eigenvalue weighted by atomic mass is 16.5. The van der Waals surface area contributed by atoms with E-state index in [1.807, 2.05) is 18.2 Å². The van der Waals surface area contributed by atoms with E-state index < -0.39 is 0 Å². The quantitative estimate of drug-likeness (QED) is 0.918. The summed E-state index contributed by atoms with van der Waals surface area (Å²) in [5.74, 6) is 0.954. The summed E-state index contributed by atoms with van der Waals surface area (Å²) in [6.45, 7) is 4.72. The van der Waals surface area contributed by atoms with Gasteiger partial charge in [-0.25, -0.2) is 4.98 Å². The SMILES string of the molecule is CCN(CC1CCCO1)c1nc(CO)cc2ccccc12. The van der Waals surface area contributed by atoms with Crippen molar-refractivity contribution in [3.05, 3.63) is 36.0 Å². The Morgan fingerprint density at radius 3 is 2.95 bits per heavy atom. The van der Waals surface area contributed by atoms with E-state index in [4.69, 9.17) is 4.74 Å². The van der Waals surface area contributed by atoms with Crippen LogP contribution in [0.4, 0.5) is 5.82 Å². The molecule has 0 aliphatic carbocycles. The second-order valence-electron chi connectivity index (χ2n) is 5.49. The van der Waals surface area contributed by atoms with E-state index in [2.05, 4.69) is 28.9 Å². The van der Waals surface area contributed by atoms with Crippen LogP contribution in [0.25, 0.3) is 10.8 Å². The van der Waals surface area contributed by atoms with Gasteiger partial charge < -0.3 is 14.7 Å². The Labute approximate surface area is 125 Å². The first-order valence-electron chi connectivity index (χ1n) is 7.68. The highest BCUT2D eigenvalue weighted by molar-refractivity contribution is 5.92. The highest BCUT2D eigenvalue weighted by Gasteiger charge is 2.20. The summed E-state index contributed by atoms with van der Waals surface area (Å²) in [5, 5.41) is 11.7. The van der Waals surface area contributed by atoms with Gasteiger partial charge in [0.05, 0.1) is 18.4 Å². The van der Waals surface area contributed by atoms with Crippen LogP contribution >= 0.6 is 0 Å². The second kappa shape index (κ2) is 6.41. The van der Waals surface area contributed by atoms with Crippen LogP contribution in [-0.4, -0.2) is 35.9 Å². The smallest absolute Gasteiger partial charge is 0.136 e. The molecule has 1 aliphatic heterocycles. The number of anilines is 1. The van der Waals surface area contributed by atoms with E-state index >= 15 is 0 Å². The third-order valence-electron chi connectivity index (χ3n) is 4.06. The van der Waals surface area contributed by atoms with Crippen LogP contribution in [0, 0.1) is 0 Å². The number of aliphatic hydroxyl groups is 1. The molecular formula is C17H22N2O2. The average molecular weight is 286 g/mol. The molecule has 0 amide bonds. The van der Waals surface area contributed by atoms with Gasteiger partial charge in [0.1, 0.15) is 5.82 Å². The van der Waals surface area contributed by atoms with E-state index in [0.29, 0.717) is 6.10 Å². The maximum atomic E-state index is 9.45. The molecule has 3 rings (SSSR count). The van der Waals surface area contributed by atoms with Crippen molar-refractivity contribution in [3.8, 4) is 0 Å². The lowest BCUT2D eigenvalue weighted by atomic mass is 10.1. The largest absolute Gasteiger partial charge is 0.390 e. The monoisotopic (exact) mass is 286 g/mol. The van der Waals surface area contributed by atoms with Crippen molar-refractivity contribution >= 4 is 16.6 Å². The Morgan fingerprint density at radius 2 is 2.24 bits per heavy atom. The Bertz CT molecular complexity index is 609. The fourth-order valence-electron chi connectivity index (χ4n) is 2.96. The van der Waals surface area contributed by atoms with Crippen molar-refractivity contribution in [2.45, 2.75) is 32.5 Å². The van der Waals surface area contributed by atoms with Crippen LogP contribution in [0.3, 0.4) is 0 Å². The maximum Gasteiger partial charge on any atom is 0.136 e. The molecule has 0 bridgehead atoms. The van der Waals surface area contributed by atoms with Gasteiger partial charge in [-0.3, -0.25) is 0 Å². The minimum absolute atomic E-state index is 0.0324. The van der Waals surface area contributed by atoms with E-state index in [1.165, 1.54) is 0 Å². The molecule has 1 aromatic carbocycles. The number of rotatable bonds is 5. The van der Waals surface area contributed by atoms with Crippen molar-refractivity contribution in [2.24, 2.45) is 0 Å². The summed E-state index contributed by atoms with van der Waals surface area (Å²) in [7, 11) is 0. The average Bonchev–Trinajstić information content (AvgIpc) is 3.04. The molecule has 1 N–H and O–H groups in total. The van der Waals surface area contributed by atoms with Crippen LogP contribution in [0.2, 0.25) is 0 Å². The van der Waals surface area contributed by atoms with Crippen molar-refractivity contribution in [1.82, 2.24) is 4.98 Å². The van der Waals surface area contributed by atoms with Crippen molar-refractivity contribution in [2.75, 3.05) is 24.6 Å². The van der Waals surface area contributed by atoms with Gasteiger partial charge in [0.25, 0.3) is 0 Å². The zero-order valence-corrected chi connectivity index (χ0v) is 12.5. The molecular weight excluding hydrogens is 264 g/mol. The standard InChI is InChI=1S/C17H22N2O2/c1-2-19(11-15-7-5-9-21-15)17-16-8-4-3-6-13(16)10-14(12-20)18-17/h3-4,6,8,10,15,20H,2,5,7,9,11-12H2,1H3. The van der Waals surface area contributed by atoms with Crippen LogP contribution in [0.15, 0.2) is 30.3 Å². The third kappa shape index (κ3) is 3.01. The van der Waals surface area contributed by atoms with E-state index in [-0.39, 0.29) is 6.61 Å². The fourth-order valence-corrected chi connectivity index (χ4v) is 2.96. The molecule has 2 aromatic rings. The van der Waals surface area contributed by atoms with Gasteiger partial charge in [-0.1, -0.05) is 24.3 Å². The van der Waals surface area contributed by atoms with Crippen molar-refractivity contribution < 1.29 is 9.84 Å². The lowest BCUT2D eigenvalue weighted by Crippen LogP contribution is -2.33. The molecule has 1 aromatic heterocycles. The Hall–Kier alpha value is -1.65. The second-order valence-corrected chi connectivity index (χ2v) is 5.49. The summed E-state index contributed by atoms with van der Waals surface area (Å²) in [4.78, 5) is 6.91. The Kier molecular flexibility index (Phi) is 4.36. The number of hydrogen-bond donors (Lipinski definition) is 1. The number of benzene rings is 1. The number of nitrogens with zero attached hydrogens (tertiary/aromatic N) is 2. The van der Waals surface area contributed by atoms with Crippen molar-refractivity contribution in [3.63, 3.8) is 0 Å². The summed E-state index contributed by atoms with van der Waals surface area (Å²) < 4.78 is 5.76. The van der Waals surface area contributed by atoms with Gasteiger partial charge in [-0.05, 0) is 31.2 Å². The Balaban J connectivity index is 1.99. The molecule has 21 heavy (non-hydrogen) atoms. The number of hydrogen-bond acceptors (Lipinski definition) is 4. The van der Waals surface area contributed by atoms with Gasteiger partial charge in [0.15, 0.2) is 0 Å². The molecule has 0 spiro atoms. The summed E-state index contributed by atoms with van der Waals surface area (Å²) in [6, 6.07) is 10.2. The molecule has 0 radical (unpaired) electrons. The number of likely N-dealkylation sites (N-methyl/N-ethyl adjacent to an activating group) is 1. The molecule has 1 unspecified atom stereocenters. The zero-order valence-electron chi connectivity index (χ0n) is 12.5. The number of aromatic nitrogens is 1. The lowest BCUT2D eigenvalue weighted by Gasteiger charge is -2.26.